The first-order valence-electron chi connectivity index (χ1n) is 7.70. The summed E-state index contributed by atoms with van der Waals surface area (Å²) in [6.07, 6.45) is 4.29. The first-order valence-corrected chi connectivity index (χ1v) is 9.55. The summed E-state index contributed by atoms with van der Waals surface area (Å²) >= 11 is 0. The molecule has 1 heterocycles. The quantitative estimate of drug-likeness (QED) is 0.806. The van der Waals surface area contributed by atoms with Gasteiger partial charge in [-0.3, -0.25) is 9.10 Å². The van der Waals surface area contributed by atoms with Gasteiger partial charge in [0.1, 0.15) is 0 Å². The van der Waals surface area contributed by atoms with Crippen LogP contribution in [0.15, 0.2) is 24.3 Å². The van der Waals surface area contributed by atoms with Crippen LogP contribution in [0.25, 0.3) is 0 Å². The molecule has 1 aliphatic heterocycles. The van der Waals surface area contributed by atoms with Crippen LogP contribution in [-0.2, 0) is 14.8 Å². The van der Waals surface area contributed by atoms with E-state index < -0.39 is 10.0 Å². The molecule has 1 fully saturated rings. The molecule has 0 aliphatic carbocycles. The summed E-state index contributed by atoms with van der Waals surface area (Å²) in [7, 11) is -3.34. The summed E-state index contributed by atoms with van der Waals surface area (Å²) < 4.78 is 25.4. The van der Waals surface area contributed by atoms with Crippen LogP contribution >= 0.6 is 0 Å². The van der Waals surface area contributed by atoms with Gasteiger partial charge in [0, 0.05) is 26.1 Å². The Labute approximate surface area is 133 Å². The fraction of sp³-hybridized carbons (Fsp3) is 0.562. The van der Waals surface area contributed by atoms with Gasteiger partial charge in [-0.05, 0) is 43.9 Å². The molecule has 1 amide bonds. The fourth-order valence-electron chi connectivity index (χ4n) is 2.77. The maximum absolute atomic E-state index is 12.0. The molecule has 1 saturated heterocycles. The van der Waals surface area contributed by atoms with Crippen molar-refractivity contribution in [2.75, 3.05) is 30.2 Å². The molecule has 122 valence electrons. The number of hydrogen-bond acceptors (Lipinski definition) is 3. The number of sulfonamides is 1. The number of anilines is 1. The average molecular weight is 324 g/mol. The number of rotatable bonds is 6. The van der Waals surface area contributed by atoms with Crippen molar-refractivity contribution in [3.8, 4) is 0 Å². The molecule has 5 nitrogen and oxygen atoms in total. The van der Waals surface area contributed by atoms with Crippen molar-refractivity contribution in [3.05, 3.63) is 29.8 Å². The van der Waals surface area contributed by atoms with Gasteiger partial charge in [0.2, 0.25) is 15.9 Å². The summed E-state index contributed by atoms with van der Waals surface area (Å²) in [4.78, 5) is 13.9. The Morgan fingerprint density at radius 1 is 1.27 bits per heavy atom. The summed E-state index contributed by atoms with van der Waals surface area (Å²) in [5, 5.41) is 0. The molecule has 0 unspecified atom stereocenters. The van der Waals surface area contributed by atoms with Crippen LogP contribution in [0.2, 0.25) is 0 Å². The van der Waals surface area contributed by atoms with E-state index in [0.29, 0.717) is 25.1 Å². The highest BCUT2D eigenvalue weighted by molar-refractivity contribution is 7.92. The predicted octanol–water partition coefficient (Wildman–Crippen LogP) is 2.16. The monoisotopic (exact) mass is 324 g/mol. The lowest BCUT2D eigenvalue weighted by atomic mass is 10.2. The maximum Gasteiger partial charge on any atom is 0.232 e. The normalized spacial score (nSPS) is 15.1. The zero-order chi connectivity index (χ0) is 16.2. The van der Waals surface area contributed by atoms with Gasteiger partial charge < -0.3 is 4.90 Å². The lowest BCUT2D eigenvalue weighted by molar-refractivity contribution is -0.130. The lowest BCUT2D eigenvalue weighted by Crippen LogP contribution is -2.32. The molecule has 0 saturated carbocycles. The van der Waals surface area contributed by atoms with E-state index in [-0.39, 0.29) is 5.91 Å². The number of amides is 1. The van der Waals surface area contributed by atoms with Crippen molar-refractivity contribution < 1.29 is 13.2 Å². The molecule has 2 rings (SSSR count). The Morgan fingerprint density at radius 2 is 1.95 bits per heavy atom. The number of benzene rings is 1. The second-order valence-corrected chi connectivity index (χ2v) is 7.77. The van der Waals surface area contributed by atoms with Crippen molar-refractivity contribution in [2.45, 2.75) is 32.6 Å². The Balaban J connectivity index is 1.98. The topological polar surface area (TPSA) is 57.7 Å². The van der Waals surface area contributed by atoms with Crippen LogP contribution in [0, 0.1) is 6.92 Å². The summed E-state index contributed by atoms with van der Waals surface area (Å²) in [5.74, 6) is 0.134. The van der Waals surface area contributed by atoms with Gasteiger partial charge in [0.15, 0.2) is 0 Å². The lowest BCUT2D eigenvalue weighted by Gasteiger charge is -2.23. The molecular formula is C16H24N2O3S. The first-order chi connectivity index (χ1) is 10.4. The third-order valence-corrected chi connectivity index (χ3v) is 5.09. The van der Waals surface area contributed by atoms with Crippen LogP contribution in [0.3, 0.4) is 0 Å². The van der Waals surface area contributed by atoms with Crippen LogP contribution in [-0.4, -0.2) is 45.1 Å². The van der Waals surface area contributed by atoms with Crippen molar-refractivity contribution in [3.63, 3.8) is 0 Å². The second kappa shape index (κ2) is 7.13. The minimum atomic E-state index is -3.34. The molecule has 0 radical (unpaired) electrons. The molecule has 0 atom stereocenters. The highest BCUT2D eigenvalue weighted by Gasteiger charge is 2.20. The van der Waals surface area contributed by atoms with Crippen molar-refractivity contribution in [1.82, 2.24) is 4.90 Å². The SMILES string of the molecule is Cc1cccc(N(CCCC(=O)N2CCCC2)S(C)(=O)=O)c1. The summed E-state index contributed by atoms with van der Waals surface area (Å²) in [6, 6.07) is 7.42. The van der Waals surface area contributed by atoms with Gasteiger partial charge in [-0.1, -0.05) is 12.1 Å². The van der Waals surface area contributed by atoms with Crippen molar-refractivity contribution in [1.29, 1.82) is 0 Å². The summed E-state index contributed by atoms with van der Waals surface area (Å²) in [5.41, 5.74) is 1.68. The third-order valence-electron chi connectivity index (χ3n) is 3.90. The van der Waals surface area contributed by atoms with Crippen molar-refractivity contribution >= 4 is 21.6 Å². The van der Waals surface area contributed by atoms with Crippen LogP contribution in [0.5, 0.6) is 0 Å². The van der Waals surface area contributed by atoms with Gasteiger partial charge in [-0.2, -0.15) is 0 Å². The zero-order valence-electron chi connectivity index (χ0n) is 13.3. The van der Waals surface area contributed by atoms with Gasteiger partial charge in [0.05, 0.1) is 11.9 Å². The largest absolute Gasteiger partial charge is 0.343 e. The minimum Gasteiger partial charge on any atom is -0.343 e. The molecule has 22 heavy (non-hydrogen) atoms. The molecule has 1 aromatic carbocycles. The smallest absolute Gasteiger partial charge is 0.232 e. The summed E-state index contributed by atoms with van der Waals surface area (Å²) in [6.45, 7) is 3.95. The molecule has 1 aromatic rings. The average Bonchev–Trinajstić information content (AvgIpc) is 2.96. The van der Waals surface area contributed by atoms with Crippen molar-refractivity contribution in [2.24, 2.45) is 0 Å². The molecule has 1 aliphatic rings. The molecule has 0 N–H and O–H groups in total. The molecule has 0 spiro atoms. The zero-order valence-corrected chi connectivity index (χ0v) is 14.1. The number of carbonyl (C=O) groups is 1. The predicted molar refractivity (Wildman–Crippen MR) is 88.4 cm³/mol. The van der Waals surface area contributed by atoms with E-state index in [9.17, 15) is 13.2 Å². The van der Waals surface area contributed by atoms with Crippen LogP contribution in [0.4, 0.5) is 5.69 Å². The van der Waals surface area contributed by atoms with Crippen LogP contribution in [0.1, 0.15) is 31.2 Å². The minimum absolute atomic E-state index is 0.134. The number of nitrogens with zero attached hydrogens (tertiary/aromatic N) is 2. The highest BCUT2D eigenvalue weighted by atomic mass is 32.2. The number of likely N-dealkylation sites (tertiary alicyclic amines) is 1. The van der Waals surface area contributed by atoms with E-state index in [4.69, 9.17) is 0 Å². The van der Waals surface area contributed by atoms with E-state index in [1.54, 1.807) is 6.07 Å². The van der Waals surface area contributed by atoms with Gasteiger partial charge >= 0.3 is 0 Å². The fourth-order valence-corrected chi connectivity index (χ4v) is 3.73. The van der Waals surface area contributed by atoms with Crippen LogP contribution < -0.4 is 4.31 Å². The van der Waals surface area contributed by atoms with Gasteiger partial charge in [0.25, 0.3) is 0 Å². The van der Waals surface area contributed by atoms with E-state index in [2.05, 4.69) is 0 Å². The molecule has 0 aromatic heterocycles. The number of hydrogen-bond donors (Lipinski definition) is 0. The number of aryl methyl sites for hydroxylation is 1. The third kappa shape index (κ3) is 4.47. The van der Waals surface area contributed by atoms with E-state index >= 15 is 0 Å². The molecule has 0 bridgehead atoms. The molecular weight excluding hydrogens is 300 g/mol. The highest BCUT2D eigenvalue weighted by Crippen LogP contribution is 2.20. The Bertz CT molecular complexity index is 622. The molecule has 6 heteroatoms. The van der Waals surface area contributed by atoms with Gasteiger partial charge in [-0.15, -0.1) is 0 Å². The number of carbonyl (C=O) groups excluding carboxylic acids is 1. The maximum atomic E-state index is 12.0. The van der Waals surface area contributed by atoms with Gasteiger partial charge in [-0.25, -0.2) is 8.42 Å². The van der Waals surface area contributed by atoms with E-state index in [1.165, 1.54) is 10.6 Å². The second-order valence-electron chi connectivity index (χ2n) is 5.87. The Hall–Kier alpha value is -1.56. The Kier molecular flexibility index (Phi) is 5.45. The first kappa shape index (κ1) is 16.8. The standard InChI is InChI=1S/C16H24N2O3S/c1-14-7-5-8-15(13-14)18(22(2,20)21)12-6-9-16(19)17-10-3-4-11-17/h5,7-8,13H,3-4,6,9-12H2,1-2H3. The van der Waals surface area contributed by atoms with E-state index in [0.717, 1.165) is 31.5 Å². The Morgan fingerprint density at radius 3 is 2.55 bits per heavy atom. The van der Waals surface area contributed by atoms with E-state index in [1.807, 2.05) is 30.0 Å².